The van der Waals surface area contributed by atoms with Crippen LogP contribution in [0.3, 0.4) is 0 Å². The zero-order valence-corrected chi connectivity index (χ0v) is 20.1. The van der Waals surface area contributed by atoms with Gasteiger partial charge in [-0.1, -0.05) is 43.0 Å². The fourth-order valence-electron chi connectivity index (χ4n) is 3.43. The summed E-state index contributed by atoms with van der Waals surface area (Å²) < 4.78 is 10.4. The van der Waals surface area contributed by atoms with Gasteiger partial charge >= 0.3 is 5.97 Å². The summed E-state index contributed by atoms with van der Waals surface area (Å²) in [6.07, 6.45) is 0.719. The number of methoxy groups -OCH3 is 1. The van der Waals surface area contributed by atoms with Crippen LogP contribution in [0.15, 0.2) is 94.4 Å². The molecule has 1 aliphatic heterocycles. The number of anilines is 2. The van der Waals surface area contributed by atoms with Gasteiger partial charge in [0.2, 0.25) is 0 Å². The van der Waals surface area contributed by atoms with Gasteiger partial charge in [-0.2, -0.15) is 0 Å². The molecule has 0 atom stereocenters. The second kappa shape index (κ2) is 10.9. The van der Waals surface area contributed by atoms with E-state index in [1.165, 1.54) is 11.8 Å². The molecule has 3 aromatic carbocycles. The van der Waals surface area contributed by atoms with Gasteiger partial charge in [0, 0.05) is 16.6 Å². The third kappa shape index (κ3) is 5.38. The van der Waals surface area contributed by atoms with E-state index in [-0.39, 0.29) is 10.6 Å². The van der Waals surface area contributed by atoms with Crippen LogP contribution >= 0.6 is 11.8 Å². The minimum Gasteiger partial charge on any atom is -0.497 e. The Morgan fingerprint density at radius 1 is 0.943 bits per heavy atom. The van der Waals surface area contributed by atoms with E-state index in [0.717, 1.165) is 16.2 Å². The molecule has 1 N–H and O–H groups in total. The van der Waals surface area contributed by atoms with E-state index >= 15 is 0 Å². The van der Waals surface area contributed by atoms with Crippen molar-refractivity contribution in [1.29, 1.82) is 0 Å². The van der Waals surface area contributed by atoms with E-state index < -0.39 is 17.8 Å². The van der Waals surface area contributed by atoms with Crippen LogP contribution in [0.1, 0.15) is 23.7 Å². The normalized spacial score (nSPS) is 13.3. The first-order chi connectivity index (χ1) is 17.0. The molecule has 178 valence electrons. The van der Waals surface area contributed by atoms with Crippen LogP contribution in [-0.4, -0.2) is 31.5 Å². The van der Waals surface area contributed by atoms with Crippen molar-refractivity contribution in [2.45, 2.75) is 18.2 Å². The van der Waals surface area contributed by atoms with Crippen molar-refractivity contribution < 1.29 is 23.9 Å². The maximum atomic E-state index is 13.5. The van der Waals surface area contributed by atoms with E-state index in [9.17, 15) is 14.4 Å². The summed E-state index contributed by atoms with van der Waals surface area (Å²) in [6, 6.07) is 22.7. The number of benzene rings is 3. The van der Waals surface area contributed by atoms with Gasteiger partial charge < -0.3 is 14.8 Å². The number of ether oxygens (including phenoxy) is 2. The molecule has 3 aromatic rings. The number of carbonyl (C=O) groups is 3. The van der Waals surface area contributed by atoms with E-state index in [4.69, 9.17) is 9.47 Å². The molecule has 0 aromatic heterocycles. The predicted molar refractivity (Wildman–Crippen MR) is 135 cm³/mol. The maximum absolute atomic E-state index is 13.5. The average molecular weight is 489 g/mol. The zero-order chi connectivity index (χ0) is 24.8. The lowest BCUT2D eigenvalue weighted by Gasteiger charge is -2.16. The van der Waals surface area contributed by atoms with Crippen LogP contribution in [0.4, 0.5) is 11.4 Å². The van der Waals surface area contributed by atoms with Crippen molar-refractivity contribution in [2.24, 2.45) is 0 Å². The Labute approximate surface area is 207 Å². The lowest BCUT2D eigenvalue weighted by molar-refractivity contribution is -0.120. The smallest absolute Gasteiger partial charge is 0.338 e. The van der Waals surface area contributed by atoms with Gasteiger partial charge in [-0.25, -0.2) is 9.69 Å². The second-order valence-electron chi connectivity index (χ2n) is 7.60. The average Bonchev–Trinajstić information content (AvgIpc) is 3.12. The Balaban J connectivity index is 1.65. The molecule has 0 saturated heterocycles. The summed E-state index contributed by atoms with van der Waals surface area (Å²) >= 11 is 1.22. The molecule has 0 saturated carbocycles. The summed E-state index contributed by atoms with van der Waals surface area (Å²) in [7, 11) is 1.56. The Hall–Kier alpha value is -4.04. The number of carbonyl (C=O) groups excluding carboxylic acids is 3. The molecule has 1 heterocycles. The molecule has 2 amide bonds. The van der Waals surface area contributed by atoms with Gasteiger partial charge in [-0.05, 0) is 55.0 Å². The Kier molecular flexibility index (Phi) is 7.52. The molecule has 0 bridgehead atoms. The molecule has 35 heavy (non-hydrogen) atoms. The number of nitrogens with one attached hydrogen (secondary N) is 1. The topological polar surface area (TPSA) is 84.9 Å². The first kappa shape index (κ1) is 24.1. The highest BCUT2D eigenvalue weighted by Crippen LogP contribution is 2.38. The summed E-state index contributed by atoms with van der Waals surface area (Å²) in [5.41, 5.74) is 1.49. The zero-order valence-electron chi connectivity index (χ0n) is 19.3. The van der Waals surface area contributed by atoms with Crippen LogP contribution in [0.5, 0.6) is 5.75 Å². The van der Waals surface area contributed by atoms with Gasteiger partial charge in [-0.15, -0.1) is 0 Å². The third-order valence-corrected chi connectivity index (χ3v) is 6.23. The largest absolute Gasteiger partial charge is 0.497 e. The van der Waals surface area contributed by atoms with Crippen LogP contribution in [0.2, 0.25) is 0 Å². The van der Waals surface area contributed by atoms with E-state index in [1.54, 1.807) is 55.6 Å². The molecule has 8 heteroatoms. The molecule has 0 spiro atoms. The second-order valence-corrected chi connectivity index (χ2v) is 8.69. The number of rotatable bonds is 9. The van der Waals surface area contributed by atoms with Gasteiger partial charge in [0.15, 0.2) is 0 Å². The molecular weight excluding hydrogens is 464 g/mol. The van der Waals surface area contributed by atoms with Gasteiger partial charge in [0.1, 0.15) is 16.4 Å². The fraction of sp³-hybridized carbons (Fsp3) is 0.148. The molecule has 7 nitrogen and oxygen atoms in total. The number of hydrogen-bond donors (Lipinski definition) is 1. The van der Waals surface area contributed by atoms with Crippen LogP contribution < -0.4 is 15.0 Å². The maximum Gasteiger partial charge on any atom is 0.338 e. The number of amides is 2. The lowest BCUT2D eigenvalue weighted by Crippen LogP contribution is -2.32. The first-order valence-electron chi connectivity index (χ1n) is 11.1. The van der Waals surface area contributed by atoms with Crippen molar-refractivity contribution in [1.82, 2.24) is 0 Å². The molecule has 0 fully saturated rings. The number of hydrogen-bond acceptors (Lipinski definition) is 7. The third-order valence-electron chi connectivity index (χ3n) is 5.14. The van der Waals surface area contributed by atoms with E-state index in [0.29, 0.717) is 29.3 Å². The van der Waals surface area contributed by atoms with Gasteiger partial charge in [-0.3, -0.25) is 9.59 Å². The van der Waals surface area contributed by atoms with Crippen molar-refractivity contribution in [2.75, 3.05) is 23.9 Å². The monoisotopic (exact) mass is 488 g/mol. The summed E-state index contributed by atoms with van der Waals surface area (Å²) in [5, 5.41) is 3.11. The minimum atomic E-state index is -0.488. The Bertz CT molecular complexity index is 1270. The predicted octanol–water partition coefficient (Wildman–Crippen LogP) is 5.25. The summed E-state index contributed by atoms with van der Waals surface area (Å²) in [4.78, 5) is 41.3. The highest BCUT2D eigenvalue weighted by Gasteiger charge is 2.40. The van der Waals surface area contributed by atoms with Crippen LogP contribution in [0.25, 0.3) is 0 Å². The highest BCUT2D eigenvalue weighted by atomic mass is 32.2. The molecule has 1 aliphatic rings. The lowest BCUT2D eigenvalue weighted by atomic mass is 10.2. The van der Waals surface area contributed by atoms with Crippen molar-refractivity contribution in [3.05, 3.63) is 95.0 Å². The molecule has 4 rings (SSSR count). The standard InChI is InChI=1S/C27H24N2O5S/c1-3-16-34-27(32)18-12-14-20(15-13-18)29-25(30)23(28-19-8-7-9-21(17-19)33-2)24(26(29)31)35-22-10-5-4-6-11-22/h4-15,17,28H,3,16H2,1-2H3. The van der Waals surface area contributed by atoms with Crippen molar-refractivity contribution in [3.8, 4) is 5.75 Å². The molecule has 0 radical (unpaired) electrons. The Morgan fingerprint density at radius 3 is 2.37 bits per heavy atom. The summed E-state index contributed by atoms with van der Waals surface area (Å²) in [5.74, 6) is -0.767. The number of imide groups is 1. The summed E-state index contributed by atoms with van der Waals surface area (Å²) in [6.45, 7) is 2.24. The SMILES string of the molecule is CCCOC(=O)c1ccc(N2C(=O)C(Nc3cccc(OC)c3)=C(Sc3ccccc3)C2=O)cc1. The first-order valence-corrected chi connectivity index (χ1v) is 11.9. The highest BCUT2D eigenvalue weighted by molar-refractivity contribution is 8.04. The fourth-order valence-corrected chi connectivity index (χ4v) is 4.37. The number of esters is 1. The van der Waals surface area contributed by atoms with E-state index in [2.05, 4.69) is 5.32 Å². The quantitative estimate of drug-likeness (QED) is 0.325. The van der Waals surface area contributed by atoms with Crippen LogP contribution in [0, 0.1) is 0 Å². The number of nitrogens with zero attached hydrogens (tertiary/aromatic N) is 1. The molecular formula is C27H24N2O5S. The van der Waals surface area contributed by atoms with E-state index in [1.807, 2.05) is 37.3 Å². The van der Waals surface area contributed by atoms with Crippen molar-refractivity contribution >= 4 is 40.9 Å². The molecule has 0 unspecified atom stereocenters. The van der Waals surface area contributed by atoms with Crippen LogP contribution in [-0.2, 0) is 14.3 Å². The minimum absolute atomic E-state index is 0.170. The van der Waals surface area contributed by atoms with Crippen molar-refractivity contribution in [3.63, 3.8) is 0 Å². The van der Waals surface area contributed by atoms with Gasteiger partial charge in [0.25, 0.3) is 11.8 Å². The Morgan fingerprint density at radius 2 is 1.69 bits per heavy atom. The van der Waals surface area contributed by atoms with Gasteiger partial charge in [0.05, 0.1) is 25.0 Å². The number of thioether (sulfide) groups is 1. The molecule has 0 aliphatic carbocycles.